The summed E-state index contributed by atoms with van der Waals surface area (Å²) in [7, 11) is 0. The predicted molar refractivity (Wildman–Crippen MR) is 88.9 cm³/mol. The van der Waals surface area contributed by atoms with E-state index in [1.807, 2.05) is 0 Å². The predicted octanol–water partition coefficient (Wildman–Crippen LogP) is 0.828. The Morgan fingerprint density at radius 2 is 2.17 bits per heavy atom. The molecule has 0 aliphatic heterocycles. The Morgan fingerprint density at radius 1 is 1.38 bits per heavy atom. The summed E-state index contributed by atoms with van der Waals surface area (Å²) in [6, 6.07) is 4.34. The first kappa shape index (κ1) is 17.7. The van der Waals surface area contributed by atoms with Gasteiger partial charge >= 0.3 is 5.97 Å². The molecule has 3 N–H and O–H groups in total. The number of carbonyl (C=O) groups is 2. The maximum absolute atomic E-state index is 12.0. The molecule has 0 spiro atoms. The van der Waals surface area contributed by atoms with Crippen molar-refractivity contribution in [3.8, 4) is 0 Å². The number of ketones is 1. The van der Waals surface area contributed by atoms with Gasteiger partial charge in [-0.25, -0.2) is 9.78 Å². The fraction of sp³-hybridized carbons (Fsp3) is 0.267. The lowest BCUT2D eigenvalue weighted by Gasteiger charge is -2.04. The SMILES string of the molecule is CCOC(=O)c1ccc(CC(=O)CSc2nc(N)cc(=O)[nH]2)nc1. The summed E-state index contributed by atoms with van der Waals surface area (Å²) >= 11 is 1.09. The van der Waals surface area contributed by atoms with E-state index in [2.05, 4.69) is 15.0 Å². The van der Waals surface area contributed by atoms with Crippen LogP contribution in [0.3, 0.4) is 0 Å². The number of rotatable bonds is 7. The molecule has 2 aromatic rings. The smallest absolute Gasteiger partial charge is 0.339 e. The van der Waals surface area contributed by atoms with Crippen molar-refractivity contribution in [1.29, 1.82) is 0 Å². The van der Waals surface area contributed by atoms with Gasteiger partial charge in [0, 0.05) is 24.4 Å². The monoisotopic (exact) mass is 348 g/mol. The number of nitrogens with zero attached hydrogens (tertiary/aromatic N) is 2. The standard InChI is InChI=1S/C15H16N4O4S/c1-2-23-14(22)9-3-4-10(17-7-9)5-11(20)8-24-15-18-12(16)6-13(21)19-15/h3-4,6-7H,2,5,8H2,1H3,(H3,16,18,19,21). The normalized spacial score (nSPS) is 10.4. The number of aromatic amines is 1. The van der Waals surface area contributed by atoms with Crippen LogP contribution >= 0.6 is 11.8 Å². The largest absolute Gasteiger partial charge is 0.462 e. The van der Waals surface area contributed by atoms with Gasteiger partial charge in [0.05, 0.1) is 17.9 Å². The molecular weight excluding hydrogens is 332 g/mol. The molecule has 8 nitrogen and oxygen atoms in total. The van der Waals surface area contributed by atoms with Crippen LogP contribution in [0.4, 0.5) is 5.82 Å². The van der Waals surface area contributed by atoms with Gasteiger partial charge in [-0.1, -0.05) is 11.8 Å². The number of thioether (sulfide) groups is 1. The minimum absolute atomic E-state index is 0.0959. The minimum Gasteiger partial charge on any atom is -0.462 e. The van der Waals surface area contributed by atoms with E-state index in [9.17, 15) is 14.4 Å². The highest BCUT2D eigenvalue weighted by atomic mass is 32.2. The van der Waals surface area contributed by atoms with Crippen LogP contribution in [0.2, 0.25) is 0 Å². The maximum atomic E-state index is 12.0. The van der Waals surface area contributed by atoms with Crippen LogP contribution in [0.1, 0.15) is 23.0 Å². The van der Waals surface area contributed by atoms with E-state index in [4.69, 9.17) is 10.5 Å². The highest BCUT2D eigenvalue weighted by molar-refractivity contribution is 7.99. The fourth-order valence-electron chi connectivity index (χ4n) is 1.79. The molecule has 2 aromatic heterocycles. The van der Waals surface area contributed by atoms with Gasteiger partial charge in [0.1, 0.15) is 11.6 Å². The molecule has 2 heterocycles. The topological polar surface area (TPSA) is 128 Å². The number of pyridine rings is 1. The number of Topliss-reactive ketones (excluding diaryl/α,β-unsaturated/α-hetero) is 1. The van der Waals surface area contributed by atoms with E-state index in [0.717, 1.165) is 11.8 Å². The van der Waals surface area contributed by atoms with Crippen LogP contribution in [0.5, 0.6) is 0 Å². The van der Waals surface area contributed by atoms with E-state index in [1.54, 1.807) is 19.1 Å². The average molecular weight is 348 g/mol. The summed E-state index contributed by atoms with van der Waals surface area (Å²) < 4.78 is 4.86. The van der Waals surface area contributed by atoms with Crippen molar-refractivity contribution < 1.29 is 14.3 Å². The number of hydrogen-bond acceptors (Lipinski definition) is 8. The number of nitrogen functional groups attached to an aromatic ring is 1. The van der Waals surface area contributed by atoms with Gasteiger partial charge in [-0.3, -0.25) is 14.6 Å². The van der Waals surface area contributed by atoms with Crippen LogP contribution < -0.4 is 11.3 Å². The van der Waals surface area contributed by atoms with Crippen molar-refractivity contribution in [1.82, 2.24) is 15.0 Å². The molecule has 0 bridgehead atoms. The molecule has 0 saturated carbocycles. The third-order valence-electron chi connectivity index (χ3n) is 2.82. The molecule has 24 heavy (non-hydrogen) atoms. The van der Waals surface area contributed by atoms with Crippen molar-refractivity contribution in [3.05, 3.63) is 46.0 Å². The Morgan fingerprint density at radius 3 is 2.79 bits per heavy atom. The summed E-state index contributed by atoms with van der Waals surface area (Å²) in [5.74, 6) is -0.324. The molecule has 2 rings (SSSR count). The number of ether oxygens (including phenoxy) is 1. The highest BCUT2D eigenvalue weighted by Crippen LogP contribution is 2.13. The van der Waals surface area contributed by atoms with Crippen molar-refractivity contribution in [2.24, 2.45) is 0 Å². The Labute approximate surface area is 141 Å². The van der Waals surface area contributed by atoms with Crippen LogP contribution in [0.15, 0.2) is 34.3 Å². The maximum Gasteiger partial charge on any atom is 0.339 e. The van der Waals surface area contributed by atoms with E-state index >= 15 is 0 Å². The number of nitrogens with one attached hydrogen (secondary N) is 1. The van der Waals surface area contributed by atoms with E-state index in [-0.39, 0.29) is 35.9 Å². The van der Waals surface area contributed by atoms with Gasteiger partial charge in [0.15, 0.2) is 5.16 Å². The van der Waals surface area contributed by atoms with Crippen molar-refractivity contribution in [2.45, 2.75) is 18.5 Å². The zero-order valence-corrected chi connectivity index (χ0v) is 13.8. The molecule has 9 heteroatoms. The van der Waals surface area contributed by atoms with Gasteiger partial charge in [0.2, 0.25) is 0 Å². The first-order valence-corrected chi connectivity index (χ1v) is 8.10. The van der Waals surface area contributed by atoms with Gasteiger partial charge in [-0.15, -0.1) is 0 Å². The number of esters is 1. The second kappa shape index (κ2) is 8.25. The minimum atomic E-state index is -0.449. The lowest BCUT2D eigenvalue weighted by atomic mass is 10.2. The summed E-state index contributed by atoms with van der Waals surface area (Å²) in [4.78, 5) is 45.3. The number of anilines is 1. The zero-order valence-electron chi connectivity index (χ0n) is 12.9. The molecule has 0 fully saturated rings. The van der Waals surface area contributed by atoms with Gasteiger partial charge in [0.25, 0.3) is 5.56 Å². The van der Waals surface area contributed by atoms with Gasteiger partial charge < -0.3 is 15.5 Å². The summed E-state index contributed by atoms with van der Waals surface area (Å²) in [5.41, 5.74) is 5.99. The average Bonchev–Trinajstić information content (AvgIpc) is 2.53. The molecule has 0 atom stereocenters. The van der Waals surface area contributed by atoms with Crippen molar-refractivity contribution in [2.75, 3.05) is 18.1 Å². The van der Waals surface area contributed by atoms with Crippen molar-refractivity contribution >= 4 is 29.3 Å². The summed E-state index contributed by atoms with van der Waals surface area (Å²) in [6.45, 7) is 2.01. The first-order valence-electron chi connectivity index (χ1n) is 7.11. The van der Waals surface area contributed by atoms with Crippen LogP contribution in [-0.2, 0) is 16.0 Å². The molecule has 0 unspecified atom stereocenters. The second-order valence-corrected chi connectivity index (χ2v) is 5.70. The van der Waals surface area contributed by atoms with E-state index in [1.165, 1.54) is 12.3 Å². The molecule has 0 aliphatic carbocycles. The molecule has 0 aromatic carbocycles. The number of nitrogens with two attached hydrogens (primary N) is 1. The fourth-order valence-corrected chi connectivity index (χ4v) is 2.53. The number of hydrogen-bond donors (Lipinski definition) is 2. The number of carbonyl (C=O) groups excluding carboxylic acids is 2. The van der Waals surface area contributed by atoms with Gasteiger partial charge in [-0.05, 0) is 19.1 Å². The summed E-state index contributed by atoms with van der Waals surface area (Å²) in [5, 5.41) is 0.291. The molecule has 0 aliphatic rings. The first-order chi connectivity index (χ1) is 11.5. The summed E-state index contributed by atoms with van der Waals surface area (Å²) in [6.07, 6.45) is 1.49. The zero-order chi connectivity index (χ0) is 17.5. The quantitative estimate of drug-likeness (QED) is 0.428. The molecular formula is C15H16N4O4S. The van der Waals surface area contributed by atoms with Crippen LogP contribution in [0, 0.1) is 0 Å². The van der Waals surface area contributed by atoms with E-state index < -0.39 is 5.97 Å². The molecule has 0 radical (unpaired) electrons. The Balaban J connectivity index is 1.90. The number of aromatic nitrogens is 3. The molecule has 0 amide bonds. The third-order valence-corrected chi connectivity index (χ3v) is 3.76. The Bertz CT molecular complexity index is 789. The van der Waals surface area contributed by atoms with E-state index in [0.29, 0.717) is 16.4 Å². The lowest BCUT2D eigenvalue weighted by molar-refractivity contribution is -0.116. The molecule has 0 saturated heterocycles. The third kappa shape index (κ3) is 5.20. The number of H-pyrrole nitrogens is 1. The van der Waals surface area contributed by atoms with Crippen molar-refractivity contribution in [3.63, 3.8) is 0 Å². The highest BCUT2D eigenvalue weighted by Gasteiger charge is 2.10. The van der Waals surface area contributed by atoms with Crippen LogP contribution in [-0.4, -0.2) is 39.1 Å². The Hall–Kier alpha value is -2.68. The van der Waals surface area contributed by atoms with Gasteiger partial charge in [-0.2, -0.15) is 0 Å². The molecule has 126 valence electrons. The lowest BCUT2D eigenvalue weighted by Crippen LogP contribution is -2.12. The second-order valence-electron chi connectivity index (χ2n) is 4.74. The Kier molecular flexibility index (Phi) is 6.07. The van der Waals surface area contributed by atoms with Crippen LogP contribution in [0.25, 0.3) is 0 Å².